The molecule has 1 aliphatic rings. The van der Waals surface area contributed by atoms with Gasteiger partial charge in [-0.1, -0.05) is 12.1 Å². The van der Waals surface area contributed by atoms with Crippen LogP contribution in [0.4, 0.5) is 16.2 Å². The quantitative estimate of drug-likeness (QED) is 0.801. The van der Waals surface area contributed by atoms with E-state index in [-0.39, 0.29) is 18.3 Å². The zero-order chi connectivity index (χ0) is 17.6. The van der Waals surface area contributed by atoms with Gasteiger partial charge in [-0.05, 0) is 24.1 Å². The Labute approximate surface area is 146 Å². The van der Waals surface area contributed by atoms with Crippen molar-refractivity contribution >= 4 is 11.8 Å². The molecule has 1 aromatic heterocycles. The number of aromatic nitrogens is 2. The van der Waals surface area contributed by atoms with Crippen LogP contribution >= 0.6 is 0 Å². The summed E-state index contributed by atoms with van der Waals surface area (Å²) in [5.74, 6) is 1.30. The molecule has 25 heavy (non-hydrogen) atoms. The largest absolute Gasteiger partial charge is 0.395 e. The van der Waals surface area contributed by atoms with Gasteiger partial charge in [0.15, 0.2) is 0 Å². The zero-order valence-electron chi connectivity index (χ0n) is 14.3. The number of aliphatic hydroxyl groups excluding tert-OH is 1. The first-order valence-electron chi connectivity index (χ1n) is 8.43. The third-order valence-electron chi connectivity index (χ3n) is 4.20. The molecule has 0 unspecified atom stereocenters. The van der Waals surface area contributed by atoms with E-state index < -0.39 is 0 Å². The van der Waals surface area contributed by atoms with Crippen LogP contribution in [0.3, 0.4) is 0 Å². The first-order chi connectivity index (χ1) is 12.2. The number of benzene rings is 1. The molecule has 134 valence electrons. The van der Waals surface area contributed by atoms with Gasteiger partial charge >= 0.3 is 0 Å². The summed E-state index contributed by atoms with van der Waals surface area (Å²) in [4.78, 5) is 11.1. The summed E-state index contributed by atoms with van der Waals surface area (Å²) in [6.07, 6.45) is 0.942. The van der Waals surface area contributed by atoms with Crippen molar-refractivity contribution in [3.8, 4) is 0 Å². The normalized spacial score (nSPS) is 16.8. The molecule has 0 aliphatic carbocycles. The number of nitrogens with one attached hydrogen (secondary N) is 1. The summed E-state index contributed by atoms with van der Waals surface area (Å²) >= 11 is 0. The number of hydrogen-bond acceptors (Lipinski definition) is 6. The van der Waals surface area contributed by atoms with Crippen molar-refractivity contribution in [2.24, 2.45) is 0 Å². The third kappa shape index (κ3) is 4.64. The molecule has 0 bridgehead atoms. The van der Waals surface area contributed by atoms with Gasteiger partial charge < -0.3 is 20.1 Å². The highest BCUT2D eigenvalue weighted by Crippen LogP contribution is 2.27. The average Bonchev–Trinajstić information content (AvgIpc) is 3.16. The molecule has 2 N–H and O–H groups in total. The average molecular weight is 346 g/mol. The maximum absolute atomic E-state index is 13.1. The highest BCUT2D eigenvalue weighted by molar-refractivity contribution is 5.46. The van der Waals surface area contributed by atoms with Gasteiger partial charge in [-0.3, -0.25) is 0 Å². The van der Waals surface area contributed by atoms with Gasteiger partial charge in [0.2, 0.25) is 5.95 Å². The van der Waals surface area contributed by atoms with Gasteiger partial charge in [0.05, 0.1) is 18.9 Å². The van der Waals surface area contributed by atoms with Gasteiger partial charge in [-0.2, -0.15) is 4.98 Å². The molecule has 7 heteroatoms. The first kappa shape index (κ1) is 17.6. The second-order valence-electron chi connectivity index (χ2n) is 6.17. The Balaban J connectivity index is 1.81. The van der Waals surface area contributed by atoms with Crippen molar-refractivity contribution < 1.29 is 14.2 Å². The second-order valence-corrected chi connectivity index (χ2v) is 6.17. The minimum absolute atomic E-state index is 0.0148. The van der Waals surface area contributed by atoms with E-state index in [1.54, 1.807) is 12.1 Å². The molecule has 1 saturated heterocycles. The maximum Gasteiger partial charge on any atom is 0.224 e. The smallest absolute Gasteiger partial charge is 0.224 e. The number of halogens is 1. The van der Waals surface area contributed by atoms with Crippen molar-refractivity contribution in [3.05, 3.63) is 47.4 Å². The fourth-order valence-corrected chi connectivity index (χ4v) is 2.82. The molecule has 0 spiro atoms. The van der Waals surface area contributed by atoms with Gasteiger partial charge in [-0.15, -0.1) is 0 Å². The van der Waals surface area contributed by atoms with E-state index in [1.165, 1.54) is 12.1 Å². The summed E-state index contributed by atoms with van der Waals surface area (Å²) in [5.41, 5.74) is 1.94. The summed E-state index contributed by atoms with van der Waals surface area (Å²) < 4.78 is 18.5. The first-order valence-corrected chi connectivity index (χ1v) is 8.43. The van der Waals surface area contributed by atoms with Crippen LogP contribution < -0.4 is 10.2 Å². The van der Waals surface area contributed by atoms with Crippen molar-refractivity contribution in [2.45, 2.75) is 18.9 Å². The summed E-state index contributed by atoms with van der Waals surface area (Å²) in [6, 6.07) is 8.43. The molecule has 0 saturated carbocycles. The Kier molecular flexibility index (Phi) is 5.78. The molecule has 0 amide bonds. The highest BCUT2D eigenvalue weighted by Gasteiger charge is 2.21. The van der Waals surface area contributed by atoms with Crippen LogP contribution in [0, 0.1) is 5.82 Å². The SMILES string of the molecule is CN(Cc1ccc(F)cc1)c1cc([C@@H]2CCOC2)nc(NCCO)n1. The van der Waals surface area contributed by atoms with Crippen molar-refractivity contribution in [1.82, 2.24) is 9.97 Å². The Morgan fingerprint density at radius 3 is 2.80 bits per heavy atom. The van der Waals surface area contributed by atoms with Gasteiger partial charge in [0.1, 0.15) is 11.6 Å². The van der Waals surface area contributed by atoms with Crippen molar-refractivity contribution in [1.29, 1.82) is 0 Å². The van der Waals surface area contributed by atoms with Crippen LogP contribution in [0.15, 0.2) is 30.3 Å². The minimum Gasteiger partial charge on any atom is -0.395 e. The van der Waals surface area contributed by atoms with Crippen LogP contribution in [-0.4, -0.2) is 48.5 Å². The molecule has 1 aliphatic heterocycles. The monoisotopic (exact) mass is 346 g/mol. The third-order valence-corrected chi connectivity index (χ3v) is 4.20. The number of rotatable bonds is 7. The zero-order valence-corrected chi connectivity index (χ0v) is 14.3. The topological polar surface area (TPSA) is 70.5 Å². The Morgan fingerprint density at radius 1 is 1.32 bits per heavy atom. The van der Waals surface area contributed by atoms with E-state index in [1.807, 2.05) is 18.0 Å². The van der Waals surface area contributed by atoms with E-state index in [4.69, 9.17) is 9.84 Å². The number of anilines is 2. The number of nitrogens with zero attached hydrogens (tertiary/aromatic N) is 3. The Bertz CT molecular complexity index is 690. The molecule has 0 radical (unpaired) electrons. The van der Waals surface area contributed by atoms with Gasteiger partial charge in [-0.25, -0.2) is 9.37 Å². The number of ether oxygens (including phenoxy) is 1. The molecule has 2 aromatic rings. The lowest BCUT2D eigenvalue weighted by Crippen LogP contribution is -2.20. The molecule has 1 aromatic carbocycles. The highest BCUT2D eigenvalue weighted by atomic mass is 19.1. The standard InChI is InChI=1S/C18H23FN4O2/c1-23(11-13-2-4-15(19)5-3-13)17-10-16(14-6-9-25-12-14)21-18(22-17)20-7-8-24/h2-5,10,14,24H,6-9,11-12H2,1H3,(H,20,21,22)/t14-/m1/s1. The minimum atomic E-state index is -0.243. The van der Waals surface area contributed by atoms with Crippen LogP contribution in [0.1, 0.15) is 23.6 Å². The lowest BCUT2D eigenvalue weighted by Gasteiger charge is -2.21. The maximum atomic E-state index is 13.1. The number of hydrogen-bond donors (Lipinski definition) is 2. The second kappa shape index (κ2) is 8.22. The van der Waals surface area contributed by atoms with E-state index in [2.05, 4.69) is 15.3 Å². The Morgan fingerprint density at radius 2 is 2.12 bits per heavy atom. The lowest BCUT2D eigenvalue weighted by molar-refractivity contribution is 0.193. The molecule has 1 fully saturated rings. The van der Waals surface area contributed by atoms with Crippen LogP contribution in [-0.2, 0) is 11.3 Å². The summed E-state index contributed by atoms with van der Waals surface area (Å²) in [7, 11) is 1.94. The molecule has 1 atom stereocenters. The predicted molar refractivity (Wildman–Crippen MR) is 94.3 cm³/mol. The van der Waals surface area contributed by atoms with Crippen molar-refractivity contribution in [3.63, 3.8) is 0 Å². The van der Waals surface area contributed by atoms with E-state index >= 15 is 0 Å². The van der Waals surface area contributed by atoms with Gasteiger partial charge in [0.25, 0.3) is 0 Å². The molecular formula is C18H23FN4O2. The molecular weight excluding hydrogens is 323 g/mol. The van der Waals surface area contributed by atoms with E-state index in [0.29, 0.717) is 25.6 Å². The molecule has 3 rings (SSSR count). The van der Waals surface area contributed by atoms with Crippen LogP contribution in [0.2, 0.25) is 0 Å². The van der Waals surface area contributed by atoms with Gasteiger partial charge in [0, 0.05) is 38.7 Å². The summed E-state index contributed by atoms with van der Waals surface area (Å²) in [5, 5.41) is 12.1. The van der Waals surface area contributed by atoms with Crippen LogP contribution in [0.25, 0.3) is 0 Å². The van der Waals surface area contributed by atoms with E-state index in [9.17, 15) is 4.39 Å². The fourth-order valence-electron chi connectivity index (χ4n) is 2.82. The fraction of sp³-hybridized carbons (Fsp3) is 0.444. The summed E-state index contributed by atoms with van der Waals surface area (Å²) in [6.45, 7) is 2.43. The molecule has 6 nitrogen and oxygen atoms in total. The molecule has 2 heterocycles. The van der Waals surface area contributed by atoms with E-state index in [0.717, 1.165) is 30.1 Å². The predicted octanol–water partition coefficient (Wildman–Crippen LogP) is 2.16. The van der Waals surface area contributed by atoms with Crippen LogP contribution in [0.5, 0.6) is 0 Å². The van der Waals surface area contributed by atoms with Crippen molar-refractivity contribution in [2.75, 3.05) is 43.6 Å². The Hall–Kier alpha value is -2.25. The lowest BCUT2D eigenvalue weighted by atomic mass is 10.0. The number of aliphatic hydroxyl groups is 1.